The van der Waals surface area contributed by atoms with Gasteiger partial charge in [0.1, 0.15) is 5.75 Å². The lowest BCUT2D eigenvalue weighted by Crippen LogP contribution is -2.46. The molecule has 1 fully saturated rings. The van der Waals surface area contributed by atoms with Crippen LogP contribution >= 0.6 is 0 Å². The number of piperazine rings is 1. The van der Waals surface area contributed by atoms with E-state index < -0.39 is 10.0 Å². The summed E-state index contributed by atoms with van der Waals surface area (Å²) >= 11 is 0. The van der Waals surface area contributed by atoms with Crippen molar-refractivity contribution in [3.63, 3.8) is 0 Å². The number of benzene rings is 2. The lowest BCUT2D eigenvalue weighted by atomic mass is 10.1. The molecule has 5 nitrogen and oxygen atoms in total. The van der Waals surface area contributed by atoms with Crippen LogP contribution in [0.5, 0.6) is 5.75 Å². The highest BCUT2D eigenvalue weighted by Gasteiger charge is 2.25. The van der Waals surface area contributed by atoms with Crippen LogP contribution in [0.15, 0.2) is 53.4 Å². The van der Waals surface area contributed by atoms with Crippen molar-refractivity contribution in [2.45, 2.75) is 4.90 Å². The fourth-order valence-electron chi connectivity index (χ4n) is 2.66. The molecule has 0 saturated carbocycles. The van der Waals surface area contributed by atoms with Crippen LogP contribution < -0.4 is 10.1 Å². The van der Waals surface area contributed by atoms with Crippen LogP contribution in [0.4, 0.5) is 0 Å². The van der Waals surface area contributed by atoms with Gasteiger partial charge >= 0.3 is 0 Å². The van der Waals surface area contributed by atoms with Crippen molar-refractivity contribution in [1.29, 1.82) is 0 Å². The van der Waals surface area contributed by atoms with Crippen LogP contribution in [-0.2, 0) is 10.0 Å². The van der Waals surface area contributed by atoms with Crippen LogP contribution in [0, 0.1) is 0 Å². The van der Waals surface area contributed by atoms with Crippen LogP contribution in [0.1, 0.15) is 0 Å². The summed E-state index contributed by atoms with van der Waals surface area (Å²) in [6.07, 6.45) is 0. The number of nitrogens with one attached hydrogen (secondary N) is 1. The van der Waals surface area contributed by atoms with Crippen LogP contribution in [-0.4, -0.2) is 46.0 Å². The standard InChI is InChI=1S/C17H20N2O3S/c1-22-16-4-2-3-15(13-16)14-5-7-17(8-6-14)23(20,21)19-11-9-18-10-12-19/h2-8,13,18H,9-12H2,1H3. The Morgan fingerprint density at radius 3 is 2.35 bits per heavy atom. The third-order valence-corrected chi connectivity index (χ3v) is 5.88. The Balaban J connectivity index is 1.86. The molecular formula is C17H20N2O3S. The maximum atomic E-state index is 12.6. The van der Waals surface area contributed by atoms with Crippen LogP contribution in [0.2, 0.25) is 0 Å². The molecule has 3 rings (SSSR count). The minimum atomic E-state index is -3.41. The Morgan fingerprint density at radius 1 is 1.00 bits per heavy atom. The topological polar surface area (TPSA) is 58.6 Å². The molecular weight excluding hydrogens is 312 g/mol. The normalized spacial score (nSPS) is 16.2. The highest BCUT2D eigenvalue weighted by Crippen LogP contribution is 2.26. The molecule has 0 unspecified atom stereocenters. The summed E-state index contributed by atoms with van der Waals surface area (Å²) in [6, 6.07) is 14.7. The van der Waals surface area contributed by atoms with Gasteiger partial charge in [0.2, 0.25) is 10.0 Å². The molecule has 1 aliphatic heterocycles. The maximum absolute atomic E-state index is 12.6. The van der Waals surface area contributed by atoms with Gasteiger partial charge in [-0.15, -0.1) is 0 Å². The molecule has 1 saturated heterocycles. The molecule has 2 aromatic rings. The zero-order valence-electron chi connectivity index (χ0n) is 13.0. The number of nitrogens with zero attached hydrogens (tertiary/aromatic N) is 1. The third kappa shape index (κ3) is 3.39. The van der Waals surface area contributed by atoms with Gasteiger partial charge < -0.3 is 10.1 Å². The summed E-state index contributed by atoms with van der Waals surface area (Å²) in [7, 11) is -1.78. The molecule has 0 aliphatic carbocycles. The molecule has 6 heteroatoms. The van der Waals surface area contributed by atoms with Crippen molar-refractivity contribution in [2.75, 3.05) is 33.3 Å². The van der Waals surface area contributed by atoms with Gasteiger partial charge in [-0.05, 0) is 35.4 Å². The van der Waals surface area contributed by atoms with Gasteiger partial charge in [0.05, 0.1) is 12.0 Å². The predicted molar refractivity (Wildman–Crippen MR) is 90.1 cm³/mol. The molecule has 122 valence electrons. The summed E-state index contributed by atoms with van der Waals surface area (Å²) in [5.74, 6) is 0.778. The molecule has 2 aromatic carbocycles. The van der Waals surface area contributed by atoms with Gasteiger partial charge in [0.15, 0.2) is 0 Å². The second kappa shape index (κ2) is 6.70. The minimum absolute atomic E-state index is 0.339. The number of hydrogen-bond acceptors (Lipinski definition) is 4. The molecule has 0 aromatic heterocycles. The first kappa shape index (κ1) is 16.0. The molecule has 0 amide bonds. The van der Waals surface area contributed by atoms with Crippen LogP contribution in [0.25, 0.3) is 11.1 Å². The molecule has 0 atom stereocenters. The van der Waals surface area contributed by atoms with E-state index in [-0.39, 0.29) is 0 Å². The van der Waals surface area contributed by atoms with Crippen molar-refractivity contribution in [3.8, 4) is 16.9 Å². The van der Waals surface area contributed by atoms with E-state index in [2.05, 4.69) is 5.32 Å². The Hall–Kier alpha value is -1.89. The average Bonchev–Trinajstić information content (AvgIpc) is 2.62. The number of hydrogen-bond donors (Lipinski definition) is 1. The zero-order chi connectivity index (χ0) is 16.3. The molecule has 0 bridgehead atoms. The molecule has 0 spiro atoms. The average molecular weight is 332 g/mol. The Labute approximate surface area is 136 Å². The van der Waals surface area contributed by atoms with Gasteiger partial charge in [-0.2, -0.15) is 4.31 Å². The lowest BCUT2D eigenvalue weighted by Gasteiger charge is -2.26. The molecule has 1 heterocycles. The quantitative estimate of drug-likeness (QED) is 0.930. The van der Waals surface area contributed by atoms with Crippen molar-refractivity contribution in [3.05, 3.63) is 48.5 Å². The monoisotopic (exact) mass is 332 g/mol. The molecule has 1 aliphatic rings. The van der Waals surface area contributed by atoms with E-state index in [0.717, 1.165) is 16.9 Å². The fraction of sp³-hybridized carbons (Fsp3) is 0.294. The highest BCUT2D eigenvalue weighted by molar-refractivity contribution is 7.89. The first-order chi connectivity index (χ1) is 11.1. The largest absolute Gasteiger partial charge is 0.497 e. The van der Waals surface area contributed by atoms with Gasteiger partial charge in [-0.3, -0.25) is 0 Å². The van der Waals surface area contributed by atoms with Gasteiger partial charge in [0, 0.05) is 26.2 Å². The van der Waals surface area contributed by atoms with E-state index in [1.54, 1.807) is 19.2 Å². The summed E-state index contributed by atoms with van der Waals surface area (Å²) < 4.78 is 32.0. The summed E-state index contributed by atoms with van der Waals surface area (Å²) in [5, 5.41) is 3.16. The van der Waals surface area contributed by atoms with Crippen molar-refractivity contribution in [1.82, 2.24) is 9.62 Å². The van der Waals surface area contributed by atoms with Gasteiger partial charge in [-0.1, -0.05) is 24.3 Å². The smallest absolute Gasteiger partial charge is 0.243 e. The molecule has 1 N–H and O–H groups in total. The summed E-state index contributed by atoms with van der Waals surface area (Å²) in [5.41, 5.74) is 1.96. The van der Waals surface area contributed by atoms with Crippen molar-refractivity contribution >= 4 is 10.0 Å². The SMILES string of the molecule is COc1cccc(-c2ccc(S(=O)(=O)N3CCNCC3)cc2)c1. The fourth-order valence-corrected chi connectivity index (χ4v) is 4.10. The number of sulfonamides is 1. The zero-order valence-corrected chi connectivity index (χ0v) is 13.8. The Bertz CT molecular complexity index is 767. The van der Waals surface area contributed by atoms with Gasteiger partial charge in [0.25, 0.3) is 0 Å². The first-order valence-corrected chi connectivity index (χ1v) is 9.00. The van der Waals surface area contributed by atoms with E-state index in [4.69, 9.17) is 4.74 Å². The number of methoxy groups -OCH3 is 1. The van der Waals surface area contributed by atoms with E-state index in [1.807, 2.05) is 36.4 Å². The van der Waals surface area contributed by atoms with E-state index in [9.17, 15) is 8.42 Å². The number of rotatable bonds is 4. The Kier molecular flexibility index (Phi) is 4.66. The second-order valence-corrected chi connectivity index (χ2v) is 7.35. The van der Waals surface area contributed by atoms with Crippen molar-refractivity contribution < 1.29 is 13.2 Å². The van der Waals surface area contributed by atoms with E-state index in [0.29, 0.717) is 31.1 Å². The van der Waals surface area contributed by atoms with E-state index in [1.165, 1.54) is 4.31 Å². The number of ether oxygens (including phenoxy) is 1. The third-order valence-electron chi connectivity index (χ3n) is 3.97. The molecule has 23 heavy (non-hydrogen) atoms. The second-order valence-electron chi connectivity index (χ2n) is 5.41. The van der Waals surface area contributed by atoms with Crippen molar-refractivity contribution in [2.24, 2.45) is 0 Å². The Morgan fingerprint density at radius 2 is 1.70 bits per heavy atom. The van der Waals surface area contributed by atoms with Gasteiger partial charge in [-0.25, -0.2) is 8.42 Å². The van der Waals surface area contributed by atoms with Crippen LogP contribution in [0.3, 0.4) is 0 Å². The lowest BCUT2D eigenvalue weighted by molar-refractivity contribution is 0.360. The summed E-state index contributed by atoms with van der Waals surface area (Å²) in [6.45, 7) is 2.42. The van der Waals surface area contributed by atoms with E-state index >= 15 is 0 Å². The molecule has 0 radical (unpaired) electrons. The minimum Gasteiger partial charge on any atom is -0.497 e. The highest BCUT2D eigenvalue weighted by atomic mass is 32.2. The first-order valence-electron chi connectivity index (χ1n) is 7.56. The maximum Gasteiger partial charge on any atom is 0.243 e. The summed E-state index contributed by atoms with van der Waals surface area (Å²) in [4.78, 5) is 0.339. The predicted octanol–water partition coefficient (Wildman–Crippen LogP) is 1.96.